The summed E-state index contributed by atoms with van der Waals surface area (Å²) in [4.78, 5) is 2.48. The Hall–Kier alpha value is -1.50. The number of hydrogen-bond donors (Lipinski definition) is 1. The van der Waals surface area contributed by atoms with Crippen LogP contribution in [0.1, 0.15) is 24.0 Å². The van der Waals surface area contributed by atoms with Crippen LogP contribution < -0.4 is 14.2 Å². The van der Waals surface area contributed by atoms with Gasteiger partial charge < -0.3 is 24.1 Å². The van der Waals surface area contributed by atoms with Crippen molar-refractivity contribution in [2.45, 2.75) is 49.2 Å². The molecule has 1 aromatic rings. The van der Waals surface area contributed by atoms with E-state index in [2.05, 4.69) is 11.0 Å². The number of ether oxygens (including phenoxy) is 4. The molecule has 4 heterocycles. The van der Waals surface area contributed by atoms with Gasteiger partial charge in [-0.15, -0.1) is 0 Å². The van der Waals surface area contributed by atoms with Crippen molar-refractivity contribution in [3.05, 3.63) is 17.2 Å². The Morgan fingerprint density at radius 3 is 3.17 bits per heavy atom. The Morgan fingerprint density at radius 2 is 2.30 bits per heavy atom. The first-order chi connectivity index (χ1) is 11.2. The molecule has 1 unspecified atom stereocenters. The molecule has 6 rings (SSSR count). The number of rotatable bonds is 1. The highest BCUT2D eigenvalue weighted by atomic mass is 16.7. The van der Waals surface area contributed by atoms with E-state index in [9.17, 15) is 5.11 Å². The average Bonchev–Trinajstić information content (AvgIpc) is 3.17. The first-order valence-electron chi connectivity index (χ1n) is 8.31. The molecule has 1 N–H and O–H groups in total. The summed E-state index contributed by atoms with van der Waals surface area (Å²) in [7, 11) is 1.69. The van der Waals surface area contributed by atoms with Gasteiger partial charge in [-0.2, -0.15) is 0 Å². The van der Waals surface area contributed by atoms with Gasteiger partial charge in [0.2, 0.25) is 12.5 Å². The van der Waals surface area contributed by atoms with Crippen molar-refractivity contribution in [3.8, 4) is 17.2 Å². The second kappa shape index (κ2) is 3.94. The van der Waals surface area contributed by atoms with Gasteiger partial charge in [0.25, 0.3) is 0 Å². The third-order valence-corrected chi connectivity index (χ3v) is 6.51. The molecular formula is C17H19NO5. The Morgan fingerprint density at radius 1 is 1.39 bits per heavy atom. The van der Waals surface area contributed by atoms with Crippen molar-refractivity contribution in [1.82, 2.24) is 4.90 Å². The number of nitrogens with zero attached hydrogens (tertiary/aromatic N) is 1. The van der Waals surface area contributed by atoms with Crippen molar-refractivity contribution in [2.75, 3.05) is 20.4 Å². The first kappa shape index (κ1) is 12.9. The number of epoxide rings is 1. The molecular weight excluding hydrogens is 298 g/mol. The highest BCUT2D eigenvalue weighted by Gasteiger charge is 2.70. The molecule has 2 bridgehead atoms. The first-order valence-corrected chi connectivity index (χ1v) is 8.31. The zero-order valence-corrected chi connectivity index (χ0v) is 12.9. The van der Waals surface area contributed by atoms with Gasteiger partial charge in [0, 0.05) is 23.6 Å². The van der Waals surface area contributed by atoms with Gasteiger partial charge in [-0.1, -0.05) is 0 Å². The molecule has 2 saturated heterocycles. The van der Waals surface area contributed by atoms with E-state index < -0.39 is 0 Å². The van der Waals surface area contributed by atoms with Crippen molar-refractivity contribution in [2.24, 2.45) is 0 Å². The lowest BCUT2D eigenvalue weighted by molar-refractivity contribution is 0.0580. The quantitative estimate of drug-likeness (QED) is 0.773. The molecule has 6 heteroatoms. The van der Waals surface area contributed by atoms with Crippen LogP contribution >= 0.6 is 0 Å². The lowest BCUT2D eigenvalue weighted by atomic mass is 9.63. The molecule has 0 amide bonds. The standard InChI is InChI=1S/C17H19NO5/c1-20-13-8-6-18-3-2-17(9(8)4-11-15(13)22-7-21-11)12(18)5-10(19)14-16(17)23-14/h4,10,12,14,16,19H,2-3,5-7H2,1H3/t10-,12+,14+,16+,17-/m0/s1. The largest absolute Gasteiger partial charge is 0.492 e. The van der Waals surface area contributed by atoms with Gasteiger partial charge in [0.05, 0.1) is 19.3 Å². The summed E-state index contributed by atoms with van der Waals surface area (Å²) in [5, 5.41) is 10.3. The monoisotopic (exact) mass is 317 g/mol. The maximum Gasteiger partial charge on any atom is 0.231 e. The van der Waals surface area contributed by atoms with Crippen LogP contribution in [0.25, 0.3) is 0 Å². The summed E-state index contributed by atoms with van der Waals surface area (Å²) >= 11 is 0. The van der Waals surface area contributed by atoms with Crippen molar-refractivity contribution >= 4 is 0 Å². The molecule has 1 aliphatic carbocycles. The van der Waals surface area contributed by atoms with Gasteiger partial charge in [0.1, 0.15) is 6.10 Å². The summed E-state index contributed by atoms with van der Waals surface area (Å²) in [5.74, 6) is 2.31. The van der Waals surface area contributed by atoms with Crippen LogP contribution in [0.15, 0.2) is 6.07 Å². The van der Waals surface area contributed by atoms with Crippen LogP contribution in [-0.2, 0) is 16.7 Å². The minimum atomic E-state index is -0.337. The molecule has 1 saturated carbocycles. The van der Waals surface area contributed by atoms with Gasteiger partial charge in [-0.3, -0.25) is 4.90 Å². The molecule has 4 aliphatic heterocycles. The fourth-order valence-electron chi connectivity index (χ4n) is 5.56. The Bertz CT molecular complexity index is 721. The summed E-state index contributed by atoms with van der Waals surface area (Å²) in [5.41, 5.74) is 2.46. The third kappa shape index (κ3) is 1.33. The number of hydrogen-bond acceptors (Lipinski definition) is 6. The number of aliphatic hydroxyl groups is 1. The van der Waals surface area contributed by atoms with E-state index >= 15 is 0 Å². The summed E-state index contributed by atoms with van der Waals surface area (Å²) in [6.45, 7) is 2.12. The van der Waals surface area contributed by atoms with Gasteiger partial charge in [-0.25, -0.2) is 0 Å². The van der Waals surface area contributed by atoms with Gasteiger partial charge in [-0.05, 0) is 31.0 Å². The minimum absolute atomic E-state index is 0.00596. The summed E-state index contributed by atoms with van der Waals surface area (Å²) in [6.07, 6.45) is 1.63. The predicted octanol–water partition coefficient (Wildman–Crippen LogP) is 0.782. The van der Waals surface area contributed by atoms with Crippen LogP contribution in [-0.4, -0.2) is 54.8 Å². The van der Waals surface area contributed by atoms with Gasteiger partial charge in [0.15, 0.2) is 11.5 Å². The number of methoxy groups -OCH3 is 1. The molecule has 3 fully saturated rings. The van der Waals surface area contributed by atoms with Crippen LogP contribution in [0.3, 0.4) is 0 Å². The SMILES string of the molecule is COc1c2c(cc3c1OCO3)[C@@]13CCN(C2)[C@@H]1C[C@H](O)[C@H]1O[C@H]13. The zero-order valence-electron chi connectivity index (χ0n) is 12.9. The van der Waals surface area contributed by atoms with Crippen LogP contribution in [0, 0.1) is 0 Å². The molecule has 0 aromatic heterocycles. The molecule has 0 spiro atoms. The molecule has 0 radical (unpaired) electrons. The Labute approximate surface area is 133 Å². The maximum absolute atomic E-state index is 10.3. The lowest BCUT2D eigenvalue weighted by Crippen LogP contribution is -2.55. The molecule has 23 heavy (non-hydrogen) atoms. The van der Waals surface area contributed by atoms with E-state index in [0.717, 1.165) is 43.2 Å². The normalized spacial score (nSPS) is 44.3. The lowest BCUT2D eigenvalue weighted by Gasteiger charge is -2.46. The summed E-state index contributed by atoms with van der Waals surface area (Å²) in [6, 6.07) is 2.49. The number of aliphatic hydroxyl groups excluding tert-OH is 1. The second-order valence-corrected chi connectivity index (χ2v) is 7.27. The van der Waals surface area contributed by atoms with Crippen molar-refractivity contribution in [3.63, 3.8) is 0 Å². The van der Waals surface area contributed by atoms with Crippen LogP contribution in [0.5, 0.6) is 17.2 Å². The second-order valence-electron chi connectivity index (χ2n) is 7.27. The van der Waals surface area contributed by atoms with Crippen LogP contribution in [0.2, 0.25) is 0 Å². The number of benzene rings is 1. The van der Waals surface area contributed by atoms with Crippen molar-refractivity contribution < 1.29 is 24.1 Å². The van der Waals surface area contributed by atoms with E-state index in [4.69, 9.17) is 18.9 Å². The van der Waals surface area contributed by atoms with Crippen molar-refractivity contribution in [1.29, 1.82) is 0 Å². The Kier molecular flexibility index (Phi) is 2.20. The highest BCUT2D eigenvalue weighted by molar-refractivity contribution is 5.64. The summed E-state index contributed by atoms with van der Waals surface area (Å²) < 4.78 is 22.9. The molecule has 6 nitrogen and oxygen atoms in total. The number of fused-ring (bicyclic) bond motifs is 3. The topological polar surface area (TPSA) is 63.7 Å². The van der Waals surface area contributed by atoms with Crippen LogP contribution in [0.4, 0.5) is 0 Å². The van der Waals surface area contributed by atoms with E-state index in [0.29, 0.717) is 6.04 Å². The van der Waals surface area contributed by atoms with E-state index in [1.54, 1.807) is 7.11 Å². The van der Waals surface area contributed by atoms with E-state index in [1.165, 1.54) is 11.1 Å². The Balaban J connectivity index is 1.61. The fourth-order valence-corrected chi connectivity index (χ4v) is 5.56. The fraction of sp³-hybridized carbons (Fsp3) is 0.647. The van der Waals surface area contributed by atoms with Gasteiger partial charge >= 0.3 is 0 Å². The molecule has 6 atom stereocenters. The zero-order chi connectivity index (χ0) is 15.3. The molecule has 122 valence electrons. The smallest absolute Gasteiger partial charge is 0.231 e. The minimum Gasteiger partial charge on any atom is -0.492 e. The molecule has 1 aromatic carbocycles. The third-order valence-electron chi connectivity index (χ3n) is 6.51. The maximum atomic E-state index is 10.3. The highest BCUT2D eigenvalue weighted by Crippen LogP contribution is 2.62. The van der Waals surface area contributed by atoms with E-state index in [-0.39, 0.29) is 30.5 Å². The predicted molar refractivity (Wildman–Crippen MR) is 78.9 cm³/mol. The van der Waals surface area contributed by atoms with E-state index in [1.807, 2.05) is 0 Å². The average molecular weight is 317 g/mol. The molecule has 5 aliphatic rings.